The zero-order valence-corrected chi connectivity index (χ0v) is 12.8. The molecule has 0 saturated carbocycles. The van der Waals surface area contributed by atoms with Crippen LogP contribution in [0.15, 0.2) is 6.08 Å². The van der Waals surface area contributed by atoms with E-state index in [0.29, 0.717) is 11.1 Å². The molecule has 4 nitrogen and oxygen atoms in total. The van der Waals surface area contributed by atoms with Crippen molar-refractivity contribution in [3.05, 3.63) is 22.5 Å². The third-order valence-corrected chi connectivity index (χ3v) is 3.77. The molecule has 0 aliphatic heterocycles. The standard InChI is InChI=1S/C14H22ClN3O/c1-5-11(6-2)9-16-13(19)8-7-12-10(3)17-18(4)14(12)15/h7-8,11H,5-6,9H2,1-4H3,(H,16,19)/b8-7+. The molecule has 1 N–H and O–H groups in total. The summed E-state index contributed by atoms with van der Waals surface area (Å²) in [6.07, 6.45) is 5.38. The number of hydrogen-bond donors (Lipinski definition) is 1. The van der Waals surface area contributed by atoms with Gasteiger partial charge in [0.05, 0.1) is 5.69 Å². The summed E-state index contributed by atoms with van der Waals surface area (Å²) in [5, 5.41) is 7.64. The summed E-state index contributed by atoms with van der Waals surface area (Å²) >= 11 is 6.09. The van der Waals surface area contributed by atoms with Gasteiger partial charge in [0.2, 0.25) is 5.91 Å². The predicted molar refractivity (Wildman–Crippen MR) is 79.1 cm³/mol. The van der Waals surface area contributed by atoms with Crippen LogP contribution in [0.25, 0.3) is 6.08 Å². The van der Waals surface area contributed by atoms with E-state index in [-0.39, 0.29) is 5.91 Å². The van der Waals surface area contributed by atoms with Crippen molar-refractivity contribution in [1.29, 1.82) is 0 Å². The first-order valence-corrected chi connectivity index (χ1v) is 7.02. The Kier molecular flexibility index (Phi) is 6.09. The third kappa shape index (κ3) is 4.39. The van der Waals surface area contributed by atoms with Gasteiger partial charge in [0.1, 0.15) is 5.15 Å². The second-order valence-electron chi connectivity index (χ2n) is 4.67. The highest BCUT2D eigenvalue weighted by molar-refractivity contribution is 6.31. The van der Waals surface area contributed by atoms with Crippen LogP contribution in [0.5, 0.6) is 0 Å². The van der Waals surface area contributed by atoms with Crippen molar-refractivity contribution >= 4 is 23.6 Å². The van der Waals surface area contributed by atoms with Crippen LogP contribution in [-0.4, -0.2) is 22.2 Å². The molecule has 106 valence electrons. The zero-order chi connectivity index (χ0) is 14.4. The minimum Gasteiger partial charge on any atom is -0.352 e. The van der Waals surface area contributed by atoms with Crippen LogP contribution >= 0.6 is 11.6 Å². The number of amides is 1. The fraction of sp³-hybridized carbons (Fsp3) is 0.571. The summed E-state index contributed by atoms with van der Waals surface area (Å²) in [5.74, 6) is 0.451. The molecule has 1 heterocycles. The topological polar surface area (TPSA) is 46.9 Å². The number of nitrogens with one attached hydrogen (secondary N) is 1. The van der Waals surface area contributed by atoms with Crippen LogP contribution in [0.2, 0.25) is 5.15 Å². The third-order valence-electron chi connectivity index (χ3n) is 3.32. The second kappa shape index (κ2) is 7.34. The number of halogens is 1. The van der Waals surface area contributed by atoms with E-state index in [9.17, 15) is 4.79 Å². The largest absolute Gasteiger partial charge is 0.352 e. The molecule has 0 saturated heterocycles. The maximum Gasteiger partial charge on any atom is 0.244 e. The second-order valence-corrected chi connectivity index (χ2v) is 5.03. The first-order valence-electron chi connectivity index (χ1n) is 6.64. The molecule has 1 aromatic rings. The SMILES string of the molecule is CCC(CC)CNC(=O)/C=C/c1c(C)nn(C)c1Cl. The monoisotopic (exact) mass is 283 g/mol. The Morgan fingerprint density at radius 2 is 2.11 bits per heavy atom. The molecule has 0 bridgehead atoms. The minimum absolute atomic E-state index is 0.0915. The van der Waals surface area contributed by atoms with E-state index in [1.54, 1.807) is 17.8 Å². The summed E-state index contributed by atoms with van der Waals surface area (Å²) in [7, 11) is 1.78. The predicted octanol–water partition coefficient (Wildman–Crippen LogP) is 2.95. The van der Waals surface area contributed by atoms with Gasteiger partial charge in [-0.25, -0.2) is 0 Å². The molecule has 1 amide bonds. The van der Waals surface area contributed by atoms with Crippen LogP contribution in [0.3, 0.4) is 0 Å². The Labute approximate surface area is 119 Å². The van der Waals surface area contributed by atoms with Gasteiger partial charge in [-0.3, -0.25) is 9.48 Å². The lowest BCUT2D eigenvalue weighted by molar-refractivity contribution is -0.116. The molecule has 0 aromatic carbocycles. The van der Waals surface area contributed by atoms with Crippen molar-refractivity contribution in [3.8, 4) is 0 Å². The quantitative estimate of drug-likeness (QED) is 0.816. The lowest BCUT2D eigenvalue weighted by Gasteiger charge is -2.11. The van der Waals surface area contributed by atoms with E-state index in [1.807, 2.05) is 6.92 Å². The fourth-order valence-electron chi connectivity index (χ4n) is 1.88. The Morgan fingerprint density at radius 1 is 1.47 bits per heavy atom. The fourth-order valence-corrected chi connectivity index (χ4v) is 2.11. The highest BCUT2D eigenvalue weighted by Gasteiger charge is 2.09. The molecule has 1 rings (SSSR count). The summed E-state index contributed by atoms with van der Waals surface area (Å²) in [4.78, 5) is 11.7. The molecule has 0 aliphatic carbocycles. The van der Waals surface area contributed by atoms with E-state index in [1.165, 1.54) is 6.08 Å². The summed E-state index contributed by atoms with van der Waals surface area (Å²) in [5.41, 5.74) is 1.61. The van der Waals surface area contributed by atoms with Crippen molar-refractivity contribution in [1.82, 2.24) is 15.1 Å². The number of hydrogen-bond acceptors (Lipinski definition) is 2. The number of rotatable bonds is 6. The van der Waals surface area contributed by atoms with Crippen LogP contribution in [0.4, 0.5) is 0 Å². The molecular formula is C14H22ClN3O. The average molecular weight is 284 g/mol. The van der Waals surface area contributed by atoms with Gasteiger partial charge < -0.3 is 5.32 Å². The van der Waals surface area contributed by atoms with Crippen LogP contribution in [0.1, 0.15) is 37.9 Å². The normalized spacial score (nSPS) is 11.5. The number of aryl methyl sites for hydroxylation is 2. The van der Waals surface area contributed by atoms with Crippen LogP contribution in [-0.2, 0) is 11.8 Å². The molecule has 5 heteroatoms. The van der Waals surface area contributed by atoms with Gasteiger partial charge in [-0.15, -0.1) is 0 Å². The maximum absolute atomic E-state index is 11.7. The highest BCUT2D eigenvalue weighted by Crippen LogP contribution is 2.19. The average Bonchev–Trinajstić information content (AvgIpc) is 2.62. The molecule has 0 aliphatic rings. The molecule has 0 radical (unpaired) electrons. The molecule has 0 unspecified atom stereocenters. The summed E-state index contributed by atoms with van der Waals surface area (Å²) in [6.45, 7) is 6.85. The van der Waals surface area contributed by atoms with E-state index in [0.717, 1.165) is 30.6 Å². The van der Waals surface area contributed by atoms with Crippen LogP contribution in [0, 0.1) is 12.8 Å². The van der Waals surface area contributed by atoms with Gasteiger partial charge in [-0.1, -0.05) is 38.3 Å². The van der Waals surface area contributed by atoms with Gasteiger partial charge in [0, 0.05) is 25.2 Å². The van der Waals surface area contributed by atoms with Gasteiger partial charge >= 0.3 is 0 Å². The maximum atomic E-state index is 11.7. The first kappa shape index (κ1) is 15.8. The zero-order valence-electron chi connectivity index (χ0n) is 12.0. The van der Waals surface area contributed by atoms with Gasteiger partial charge in [-0.05, 0) is 18.9 Å². The van der Waals surface area contributed by atoms with Gasteiger partial charge in [0.15, 0.2) is 0 Å². The van der Waals surface area contributed by atoms with Crippen LogP contribution < -0.4 is 5.32 Å². The van der Waals surface area contributed by atoms with E-state index >= 15 is 0 Å². The van der Waals surface area contributed by atoms with E-state index in [4.69, 9.17) is 11.6 Å². The lowest BCUT2D eigenvalue weighted by Crippen LogP contribution is -2.27. The molecule has 19 heavy (non-hydrogen) atoms. The number of carbonyl (C=O) groups excluding carboxylic acids is 1. The summed E-state index contributed by atoms with van der Waals surface area (Å²) in [6, 6.07) is 0. The summed E-state index contributed by atoms with van der Waals surface area (Å²) < 4.78 is 1.60. The molecule has 0 spiro atoms. The molecule has 1 aromatic heterocycles. The van der Waals surface area contributed by atoms with Crippen molar-refractivity contribution in [2.24, 2.45) is 13.0 Å². The first-order chi connectivity index (χ1) is 8.99. The highest BCUT2D eigenvalue weighted by atomic mass is 35.5. The number of nitrogens with zero attached hydrogens (tertiary/aromatic N) is 2. The van der Waals surface area contributed by atoms with E-state index < -0.39 is 0 Å². The Hall–Kier alpha value is -1.29. The number of aromatic nitrogens is 2. The van der Waals surface area contributed by atoms with Crippen molar-refractivity contribution in [2.45, 2.75) is 33.6 Å². The lowest BCUT2D eigenvalue weighted by atomic mass is 10.0. The van der Waals surface area contributed by atoms with Gasteiger partial charge in [-0.2, -0.15) is 5.10 Å². The Bertz CT molecular complexity index is 462. The smallest absolute Gasteiger partial charge is 0.244 e. The number of carbonyl (C=O) groups is 1. The Morgan fingerprint density at radius 3 is 2.58 bits per heavy atom. The minimum atomic E-state index is -0.0915. The van der Waals surface area contributed by atoms with Gasteiger partial charge in [0.25, 0.3) is 0 Å². The molecular weight excluding hydrogens is 262 g/mol. The van der Waals surface area contributed by atoms with Crippen molar-refractivity contribution < 1.29 is 4.79 Å². The Balaban J connectivity index is 2.59. The van der Waals surface area contributed by atoms with Crippen molar-refractivity contribution in [2.75, 3.05) is 6.54 Å². The van der Waals surface area contributed by atoms with Crippen molar-refractivity contribution in [3.63, 3.8) is 0 Å². The van der Waals surface area contributed by atoms with E-state index in [2.05, 4.69) is 24.3 Å². The molecule has 0 fully saturated rings. The molecule has 0 atom stereocenters.